The minimum Gasteiger partial charge on any atom is -0.397 e. The summed E-state index contributed by atoms with van der Waals surface area (Å²) in [6.07, 6.45) is 3.64. The van der Waals surface area contributed by atoms with Gasteiger partial charge in [0.05, 0.1) is 35.2 Å². The summed E-state index contributed by atoms with van der Waals surface area (Å²) < 4.78 is 19.1. The molecule has 1 aliphatic carbocycles. The van der Waals surface area contributed by atoms with E-state index in [1.54, 1.807) is 6.07 Å². The number of anilines is 2. The van der Waals surface area contributed by atoms with Gasteiger partial charge in [0.1, 0.15) is 5.82 Å². The first kappa shape index (κ1) is 12.1. The van der Waals surface area contributed by atoms with Gasteiger partial charge in [-0.15, -0.1) is 0 Å². The van der Waals surface area contributed by atoms with Crippen LogP contribution in [0, 0.1) is 5.82 Å². The quantitative estimate of drug-likeness (QED) is 0.798. The van der Waals surface area contributed by atoms with Crippen molar-refractivity contribution in [2.75, 3.05) is 23.8 Å². The van der Waals surface area contributed by atoms with E-state index in [1.807, 2.05) is 0 Å². The van der Waals surface area contributed by atoms with Crippen LogP contribution in [0.2, 0.25) is 5.02 Å². The van der Waals surface area contributed by atoms with Crippen molar-refractivity contribution in [1.29, 1.82) is 0 Å². The molecule has 2 unspecified atom stereocenters. The second-order valence-electron chi connectivity index (χ2n) is 4.93. The van der Waals surface area contributed by atoms with Crippen LogP contribution in [0.25, 0.3) is 0 Å². The lowest BCUT2D eigenvalue weighted by Crippen LogP contribution is -2.48. The largest absolute Gasteiger partial charge is 0.397 e. The van der Waals surface area contributed by atoms with Crippen LogP contribution in [0.5, 0.6) is 0 Å². The van der Waals surface area contributed by atoms with Crippen molar-refractivity contribution in [3.8, 4) is 0 Å². The van der Waals surface area contributed by atoms with Crippen molar-refractivity contribution in [1.82, 2.24) is 0 Å². The first-order chi connectivity index (χ1) is 8.66. The van der Waals surface area contributed by atoms with Crippen LogP contribution in [-0.4, -0.2) is 25.3 Å². The number of nitrogens with zero attached hydrogens (tertiary/aromatic N) is 1. The van der Waals surface area contributed by atoms with E-state index in [9.17, 15) is 4.39 Å². The maximum absolute atomic E-state index is 13.3. The van der Waals surface area contributed by atoms with Gasteiger partial charge in [0.25, 0.3) is 0 Å². The molecule has 98 valence electrons. The molecule has 2 N–H and O–H groups in total. The molecule has 1 saturated carbocycles. The summed E-state index contributed by atoms with van der Waals surface area (Å²) >= 11 is 5.86. The van der Waals surface area contributed by atoms with Crippen LogP contribution in [-0.2, 0) is 4.74 Å². The summed E-state index contributed by atoms with van der Waals surface area (Å²) in [4.78, 5) is 2.22. The highest BCUT2D eigenvalue weighted by atomic mass is 35.5. The Morgan fingerprint density at radius 1 is 1.39 bits per heavy atom. The molecule has 0 bridgehead atoms. The molecule has 1 aliphatic heterocycles. The number of nitrogens with two attached hydrogens (primary N) is 1. The summed E-state index contributed by atoms with van der Waals surface area (Å²) in [5.41, 5.74) is 7.21. The minimum absolute atomic E-state index is 0.125. The average Bonchev–Trinajstić information content (AvgIpc) is 2.82. The van der Waals surface area contributed by atoms with Crippen molar-refractivity contribution >= 4 is 23.0 Å². The number of rotatable bonds is 1. The molecule has 3 nitrogen and oxygen atoms in total. The number of hydrogen-bond donors (Lipinski definition) is 1. The topological polar surface area (TPSA) is 38.5 Å². The number of fused-ring (bicyclic) bond motifs is 1. The van der Waals surface area contributed by atoms with Crippen LogP contribution >= 0.6 is 11.6 Å². The van der Waals surface area contributed by atoms with Crippen LogP contribution in [0.1, 0.15) is 19.3 Å². The lowest BCUT2D eigenvalue weighted by Gasteiger charge is -2.40. The molecule has 0 aromatic heterocycles. The number of ether oxygens (including phenoxy) is 1. The molecular weight excluding hydrogens is 255 g/mol. The van der Waals surface area contributed by atoms with Gasteiger partial charge in [-0.2, -0.15) is 0 Å². The molecule has 2 fully saturated rings. The van der Waals surface area contributed by atoms with Gasteiger partial charge in [-0.3, -0.25) is 0 Å². The molecule has 0 spiro atoms. The highest BCUT2D eigenvalue weighted by Crippen LogP contribution is 2.37. The normalized spacial score (nSPS) is 27.3. The Balaban J connectivity index is 1.96. The highest BCUT2D eigenvalue weighted by Gasteiger charge is 2.36. The Morgan fingerprint density at radius 3 is 3.06 bits per heavy atom. The van der Waals surface area contributed by atoms with Crippen molar-refractivity contribution < 1.29 is 9.13 Å². The summed E-state index contributed by atoms with van der Waals surface area (Å²) in [6.45, 7) is 1.48. The van der Waals surface area contributed by atoms with Gasteiger partial charge in [0, 0.05) is 12.6 Å². The third kappa shape index (κ3) is 1.93. The molecular formula is C13H16ClFN2O. The maximum atomic E-state index is 13.3. The molecule has 3 rings (SSSR count). The van der Waals surface area contributed by atoms with Gasteiger partial charge in [-0.25, -0.2) is 4.39 Å². The van der Waals surface area contributed by atoms with Gasteiger partial charge in [0.2, 0.25) is 0 Å². The Labute approximate surface area is 111 Å². The molecule has 2 aliphatic rings. The zero-order valence-corrected chi connectivity index (χ0v) is 10.8. The molecule has 1 saturated heterocycles. The van der Waals surface area contributed by atoms with Gasteiger partial charge >= 0.3 is 0 Å². The van der Waals surface area contributed by atoms with Crippen molar-refractivity contribution in [3.05, 3.63) is 23.0 Å². The van der Waals surface area contributed by atoms with E-state index in [1.165, 1.54) is 12.5 Å². The molecule has 1 heterocycles. The molecule has 18 heavy (non-hydrogen) atoms. The lowest BCUT2D eigenvalue weighted by atomic mass is 10.1. The number of nitrogen functional groups attached to an aromatic ring is 1. The fourth-order valence-corrected chi connectivity index (χ4v) is 3.18. The number of benzene rings is 1. The molecule has 2 atom stereocenters. The van der Waals surface area contributed by atoms with Crippen LogP contribution < -0.4 is 10.6 Å². The second kappa shape index (κ2) is 4.59. The van der Waals surface area contributed by atoms with Crippen molar-refractivity contribution in [2.45, 2.75) is 31.4 Å². The Bertz CT molecular complexity index is 469. The van der Waals surface area contributed by atoms with Crippen LogP contribution in [0.15, 0.2) is 12.1 Å². The zero-order valence-electron chi connectivity index (χ0n) is 10.0. The summed E-state index contributed by atoms with van der Waals surface area (Å²) in [7, 11) is 0. The van der Waals surface area contributed by atoms with Crippen molar-refractivity contribution in [2.24, 2.45) is 0 Å². The molecule has 0 radical (unpaired) electrons. The number of hydrogen-bond acceptors (Lipinski definition) is 3. The monoisotopic (exact) mass is 270 g/mol. The molecule has 0 amide bonds. The standard InChI is InChI=1S/C13H16ClFN2O/c14-8-6-12(10(16)7-9(8)15)17-4-5-18-13-3-1-2-11(13)17/h6-7,11,13H,1-5,16H2. The van der Waals surface area contributed by atoms with E-state index >= 15 is 0 Å². The maximum Gasteiger partial charge on any atom is 0.143 e. The lowest BCUT2D eigenvalue weighted by molar-refractivity contribution is 0.0257. The Morgan fingerprint density at radius 2 is 2.22 bits per heavy atom. The van der Waals surface area contributed by atoms with Crippen LogP contribution in [0.3, 0.4) is 0 Å². The van der Waals surface area contributed by atoms with Gasteiger partial charge in [-0.05, 0) is 25.3 Å². The van der Waals surface area contributed by atoms with Gasteiger partial charge in [-0.1, -0.05) is 11.6 Å². The SMILES string of the molecule is Nc1cc(F)c(Cl)cc1N1CCOC2CCCC21. The van der Waals surface area contributed by atoms with Gasteiger partial charge in [0.15, 0.2) is 0 Å². The fraction of sp³-hybridized carbons (Fsp3) is 0.538. The van der Waals surface area contributed by atoms with Crippen LogP contribution in [0.4, 0.5) is 15.8 Å². The fourth-order valence-electron chi connectivity index (χ4n) is 3.03. The third-order valence-electron chi connectivity index (χ3n) is 3.86. The predicted octanol–water partition coefficient (Wildman–Crippen LogP) is 2.82. The van der Waals surface area contributed by atoms with E-state index in [0.29, 0.717) is 18.3 Å². The summed E-state index contributed by atoms with van der Waals surface area (Å²) in [5.74, 6) is -0.464. The smallest absolute Gasteiger partial charge is 0.143 e. The Hall–Kier alpha value is -1.00. The minimum atomic E-state index is -0.464. The number of halogens is 2. The summed E-state index contributed by atoms with van der Waals surface area (Å²) in [5, 5.41) is 0.125. The summed E-state index contributed by atoms with van der Waals surface area (Å²) in [6, 6.07) is 3.28. The first-order valence-electron chi connectivity index (χ1n) is 6.29. The van der Waals surface area contributed by atoms with E-state index in [-0.39, 0.29) is 11.1 Å². The third-order valence-corrected chi connectivity index (χ3v) is 4.15. The molecule has 1 aromatic rings. The van der Waals surface area contributed by atoms with E-state index in [4.69, 9.17) is 22.1 Å². The van der Waals surface area contributed by atoms with E-state index in [0.717, 1.165) is 25.1 Å². The molecule has 5 heteroatoms. The first-order valence-corrected chi connectivity index (χ1v) is 6.67. The zero-order chi connectivity index (χ0) is 12.7. The van der Waals surface area contributed by atoms with E-state index in [2.05, 4.69) is 4.90 Å². The Kier molecular flexibility index (Phi) is 3.08. The number of morpholine rings is 1. The highest BCUT2D eigenvalue weighted by molar-refractivity contribution is 6.31. The van der Waals surface area contributed by atoms with Gasteiger partial charge < -0.3 is 15.4 Å². The second-order valence-corrected chi connectivity index (χ2v) is 5.33. The van der Waals surface area contributed by atoms with E-state index < -0.39 is 5.82 Å². The average molecular weight is 271 g/mol. The van der Waals surface area contributed by atoms with Crippen molar-refractivity contribution in [3.63, 3.8) is 0 Å². The molecule has 1 aromatic carbocycles. The predicted molar refractivity (Wildman–Crippen MR) is 70.5 cm³/mol.